The molecule has 2 aliphatic heterocycles. The van der Waals surface area contributed by atoms with Gasteiger partial charge in [-0.2, -0.15) is 18.2 Å². The maximum atomic E-state index is 13.2. The summed E-state index contributed by atoms with van der Waals surface area (Å²) >= 11 is 1.06. The number of nitrogens with zero attached hydrogens (tertiary/aromatic N) is 2. The highest BCUT2D eigenvalue weighted by Gasteiger charge is 2.49. The molecule has 2 aliphatic rings. The Kier molecular flexibility index (Phi) is 7.04. The van der Waals surface area contributed by atoms with Gasteiger partial charge in [0.2, 0.25) is 5.91 Å². The quantitative estimate of drug-likeness (QED) is 0.667. The molecule has 2 saturated heterocycles. The molecular weight excluding hydrogens is 483 g/mol. The van der Waals surface area contributed by atoms with Crippen LogP contribution in [-0.4, -0.2) is 60.5 Å². The molecule has 1 N–H and O–H groups in total. The maximum absolute atomic E-state index is 13.2. The lowest BCUT2D eigenvalue weighted by Gasteiger charge is -2.25. The number of amides is 2. The number of hydrogen-bond acceptors (Lipinski definition) is 6. The third-order valence-corrected chi connectivity index (χ3v) is 7.96. The molecule has 2 heterocycles. The zero-order valence-corrected chi connectivity index (χ0v) is 19.8. The second-order valence-electron chi connectivity index (χ2n) is 8.69. The standard InChI is InChI=1S/C20H24F3N3O5S2/c1-19(2,3)31-18(28)24-8-7-16(27)25-17-26(14-10-33(29,30)11-15(14)32-17)13-6-4-5-12(9-13)20(21,22)23/h4-6,9,14-15H,7-8,10-11H2,1-3H3,(H,24,28). The average Bonchev–Trinajstić information content (AvgIpc) is 3.10. The number of rotatable bonds is 4. The molecule has 1 aromatic rings. The third kappa shape index (κ3) is 6.62. The third-order valence-electron chi connectivity index (χ3n) is 4.75. The van der Waals surface area contributed by atoms with Crippen molar-refractivity contribution in [3.63, 3.8) is 0 Å². The van der Waals surface area contributed by atoms with Gasteiger partial charge in [-0.15, -0.1) is 0 Å². The van der Waals surface area contributed by atoms with E-state index in [1.165, 1.54) is 17.0 Å². The molecule has 2 atom stereocenters. The molecular formula is C20H24F3N3O5S2. The van der Waals surface area contributed by atoms with Gasteiger partial charge in [-0.05, 0) is 39.0 Å². The molecule has 0 aromatic heterocycles. The van der Waals surface area contributed by atoms with E-state index >= 15 is 0 Å². The number of ether oxygens (including phenoxy) is 1. The van der Waals surface area contributed by atoms with Crippen LogP contribution in [0.3, 0.4) is 0 Å². The highest BCUT2D eigenvalue weighted by Crippen LogP contribution is 2.42. The fourth-order valence-electron chi connectivity index (χ4n) is 3.45. The Morgan fingerprint density at radius 2 is 1.94 bits per heavy atom. The molecule has 0 aliphatic carbocycles. The van der Waals surface area contributed by atoms with Crippen LogP contribution in [0.15, 0.2) is 29.3 Å². The maximum Gasteiger partial charge on any atom is 0.416 e. The first-order valence-corrected chi connectivity index (χ1v) is 12.8. The number of benzene rings is 1. The summed E-state index contributed by atoms with van der Waals surface area (Å²) in [5, 5.41) is 2.13. The van der Waals surface area contributed by atoms with Gasteiger partial charge in [0.25, 0.3) is 0 Å². The zero-order valence-electron chi connectivity index (χ0n) is 18.2. The Bertz CT molecular complexity index is 1070. The van der Waals surface area contributed by atoms with Crippen molar-refractivity contribution < 1.29 is 35.9 Å². The summed E-state index contributed by atoms with van der Waals surface area (Å²) in [6.45, 7) is 5.04. The lowest BCUT2D eigenvalue weighted by molar-refractivity contribution is -0.137. The van der Waals surface area contributed by atoms with Crippen LogP contribution in [0.5, 0.6) is 0 Å². The number of anilines is 1. The molecule has 8 nitrogen and oxygen atoms in total. The van der Waals surface area contributed by atoms with Crippen LogP contribution in [0.2, 0.25) is 0 Å². The minimum Gasteiger partial charge on any atom is -0.444 e. The van der Waals surface area contributed by atoms with Gasteiger partial charge in [-0.3, -0.25) is 4.79 Å². The van der Waals surface area contributed by atoms with E-state index in [2.05, 4.69) is 10.3 Å². The number of fused-ring (bicyclic) bond motifs is 1. The zero-order chi connectivity index (χ0) is 24.6. The topological polar surface area (TPSA) is 105 Å². The number of hydrogen-bond donors (Lipinski definition) is 1. The predicted octanol–water partition coefficient (Wildman–Crippen LogP) is 3.22. The summed E-state index contributed by atoms with van der Waals surface area (Å²) < 4.78 is 68.9. The van der Waals surface area contributed by atoms with E-state index in [1.807, 2.05) is 0 Å². The number of alkyl halides is 3. The number of thioether (sulfide) groups is 1. The molecule has 0 bridgehead atoms. The van der Waals surface area contributed by atoms with E-state index < -0.39 is 50.5 Å². The molecule has 13 heteroatoms. The lowest BCUT2D eigenvalue weighted by atomic mass is 10.1. The average molecular weight is 508 g/mol. The highest BCUT2D eigenvalue weighted by atomic mass is 32.2. The van der Waals surface area contributed by atoms with Crippen LogP contribution in [0.1, 0.15) is 32.8 Å². The Morgan fingerprint density at radius 3 is 2.58 bits per heavy atom. The molecule has 182 valence electrons. The summed E-state index contributed by atoms with van der Waals surface area (Å²) in [6.07, 6.45) is -5.43. The van der Waals surface area contributed by atoms with E-state index in [1.54, 1.807) is 20.8 Å². The Balaban J connectivity index is 1.78. The van der Waals surface area contributed by atoms with Gasteiger partial charge < -0.3 is 15.0 Å². The Hall–Kier alpha value is -2.28. The number of sulfone groups is 1. The van der Waals surface area contributed by atoms with E-state index in [9.17, 15) is 31.2 Å². The SMILES string of the molecule is CC(C)(C)OC(=O)NCCC(=O)N=C1SC2CS(=O)(=O)CC2N1c1cccc(C(F)(F)F)c1. The van der Waals surface area contributed by atoms with Gasteiger partial charge >= 0.3 is 12.3 Å². The first kappa shape index (κ1) is 25.3. The first-order valence-electron chi connectivity index (χ1n) is 10.1. The predicted molar refractivity (Wildman–Crippen MR) is 119 cm³/mol. The number of alkyl carbamates (subject to hydrolysis) is 1. The van der Waals surface area contributed by atoms with Gasteiger partial charge in [-0.25, -0.2) is 13.2 Å². The summed E-state index contributed by atoms with van der Waals surface area (Å²) in [5.74, 6) is -0.993. The second kappa shape index (κ2) is 9.16. The summed E-state index contributed by atoms with van der Waals surface area (Å²) in [5.41, 5.74) is -1.47. The molecule has 2 fully saturated rings. The van der Waals surface area contributed by atoms with Gasteiger partial charge in [-0.1, -0.05) is 17.8 Å². The van der Waals surface area contributed by atoms with E-state index in [-0.39, 0.29) is 35.3 Å². The van der Waals surface area contributed by atoms with Gasteiger partial charge in [0, 0.05) is 23.9 Å². The Labute approximate surface area is 193 Å². The van der Waals surface area contributed by atoms with Crippen LogP contribution in [0, 0.1) is 0 Å². The van der Waals surface area contributed by atoms with Crippen molar-refractivity contribution in [3.8, 4) is 0 Å². The Morgan fingerprint density at radius 1 is 1.24 bits per heavy atom. The van der Waals surface area contributed by atoms with Gasteiger partial charge in [0.15, 0.2) is 15.0 Å². The number of carbonyl (C=O) groups is 2. The number of amidine groups is 1. The highest BCUT2D eigenvalue weighted by molar-refractivity contribution is 8.16. The number of carbonyl (C=O) groups excluding carboxylic acids is 2. The molecule has 0 radical (unpaired) electrons. The van der Waals surface area contributed by atoms with E-state index in [0.29, 0.717) is 0 Å². The van der Waals surface area contributed by atoms with Gasteiger partial charge in [0.1, 0.15) is 5.60 Å². The van der Waals surface area contributed by atoms with Gasteiger partial charge in [0.05, 0.1) is 23.1 Å². The van der Waals surface area contributed by atoms with Crippen molar-refractivity contribution in [2.24, 2.45) is 4.99 Å². The summed E-state index contributed by atoms with van der Waals surface area (Å²) in [6, 6.07) is 3.85. The minimum absolute atomic E-state index is 0.0417. The molecule has 0 spiro atoms. The fraction of sp³-hybridized carbons (Fsp3) is 0.550. The largest absolute Gasteiger partial charge is 0.444 e. The number of nitrogens with one attached hydrogen (secondary N) is 1. The lowest BCUT2D eigenvalue weighted by Crippen LogP contribution is -2.38. The molecule has 0 saturated carbocycles. The molecule has 2 amide bonds. The monoisotopic (exact) mass is 507 g/mol. The van der Waals surface area contributed by atoms with Crippen LogP contribution >= 0.6 is 11.8 Å². The normalized spacial score (nSPS) is 23.5. The summed E-state index contributed by atoms with van der Waals surface area (Å²) in [4.78, 5) is 29.5. The van der Waals surface area contributed by atoms with Crippen LogP contribution < -0.4 is 10.2 Å². The van der Waals surface area contributed by atoms with Crippen molar-refractivity contribution in [1.29, 1.82) is 0 Å². The van der Waals surface area contributed by atoms with Crippen molar-refractivity contribution in [2.75, 3.05) is 23.0 Å². The number of aliphatic imine (C=N–C) groups is 1. The molecule has 1 aromatic carbocycles. The molecule has 33 heavy (non-hydrogen) atoms. The van der Waals surface area contributed by atoms with Crippen molar-refractivity contribution in [1.82, 2.24) is 5.32 Å². The van der Waals surface area contributed by atoms with E-state index in [0.717, 1.165) is 23.9 Å². The summed E-state index contributed by atoms with van der Waals surface area (Å²) in [7, 11) is -3.36. The van der Waals surface area contributed by atoms with Crippen molar-refractivity contribution in [2.45, 2.75) is 50.3 Å². The fourth-order valence-corrected chi connectivity index (χ4v) is 7.38. The van der Waals surface area contributed by atoms with Crippen LogP contribution in [0.4, 0.5) is 23.7 Å². The number of halogens is 3. The first-order chi connectivity index (χ1) is 15.1. The van der Waals surface area contributed by atoms with Crippen LogP contribution in [-0.2, 0) is 25.5 Å². The van der Waals surface area contributed by atoms with Crippen molar-refractivity contribution >= 4 is 44.5 Å². The van der Waals surface area contributed by atoms with Crippen LogP contribution in [0.25, 0.3) is 0 Å². The smallest absolute Gasteiger partial charge is 0.416 e. The van der Waals surface area contributed by atoms with E-state index in [4.69, 9.17) is 4.74 Å². The minimum atomic E-state index is -4.58. The molecule has 3 rings (SSSR count). The molecule has 2 unspecified atom stereocenters. The van der Waals surface area contributed by atoms with Crippen molar-refractivity contribution in [3.05, 3.63) is 29.8 Å². The second-order valence-corrected chi connectivity index (χ2v) is 12.0.